The zero-order valence-corrected chi connectivity index (χ0v) is 10.1. The van der Waals surface area contributed by atoms with Gasteiger partial charge in [-0.1, -0.05) is 13.8 Å². The predicted octanol–water partition coefficient (Wildman–Crippen LogP) is 0.424. The maximum atomic E-state index is 11.2. The Morgan fingerprint density at radius 3 is 2.36 bits per heavy atom. The summed E-state index contributed by atoms with van der Waals surface area (Å²) in [7, 11) is -0.575. The summed E-state index contributed by atoms with van der Waals surface area (Å²) in [5.41, 5.74) is 5.77. The van der Waals surface area contributed by atoms with Crippen LogP contribution in [0.5, 0.6) is 0 Å². The minimum absolute atomic E-state index is 0.493. The van der Waals surface area contributed by atoms with E-state index in [9.17, 15) is 4.21 Å². The lowest BCUT2D eigenvalue weighted by Gasteiger charge is -2.34. The first-order valence-electron chi connectivity index (χ1n) is 5.42. The van der Waals surface area contributed by atoms with E-state index in [1.165, 1.54) is 0 Å². The summed E-state index contributed by atoms with van der Waals surface area (Å²) in [5, 5.41) is 0. The molecular formula is C10H22N2OS. The van der Waals surface area contributed by atoms with Crippen molar-refractivity contribution < 1.29 is 4.21 Å². The highest BCUT2D eigenvalue weighted by Crippen LogP contribution is 2.12. The normalized spacial score (nSPS) is 22.9. The first-order valence-corrected chi connectivity index (χ1v) is 6.91. The van der Waals surface area contributed by atoms with Crippen molar-refractivity contribution in [3.63, 3.8) is 0 Å². The van der Waals surface area contributed by atoms with Crippen molar-refractivity contribution in [1.82, 2.24) is 4.90 Å². The third kappa shape index (κ3) is 3.67. The lowest BCUT2D eigenvalue weighted by molar-refractivity contribution is 0.193. The monoisotopic (exact) mass is 218 g/mol. The summed E-state index contributed by atoms with van der Waals surface area (Å²) in [5.74, 6) is 2.35. The van der Waals surface area contributed by atoms with Gasteiger partial charge in [0.15, 0.2) is 0 Å². The number of nitrogens with zero attached hydrogens (tertiary/aromatic N) is 1. The van der Waals surface area contributed by atoms with Crippen molar-refractivity contribution >= 4 is 10.8 Å². The van der Waals surface area contributed by atoms with E-state index in [1.807, 2.05) is 0 Å². The third-order valence-electron chi connectivity index (χ3n) is 2.74. The molecule has 1 saturated heterocycles. The predicted molar refractivity (Wildman–Crippen MR) is 61.7 cm³/mol. The van der Waals surface area contributed by atoms with Crippen LogP contribution in [0.25, 0.3) is 0 Å². The molecule has 1 aliphatic heterocycles. The Kier molecular flexibility index (Phi) is 5.06. The molecule has 0 amide bonds. The zero-order valence-electron chi connectivity index (χ0n) is 9.24. The molecule has 0 aromatic rings. The van der Waals surface area contributed by atoms with E-state index < -0.39 is 10.8 Å². The number of hydrogen-bond donors (Lipinski definition) is 1. The zero-order chi connectivity index (χ0) is 10.6. The summed E-state index contributed by atoms with van der Waals surface area (Å²) in [6, 6.07) is 0.493. The highest BCUT2D eigenvalue weighted by atomic mass is 32.2. The van der Waals surface area contributed by atoms with Crippen molar-refractivity contribution in [1.29, 1.82) is 0 Å². The van der Waals surface area contributed by atoms with Crippen LogP contribution in [0.15, 0.2) is 0 Å². The van der Waals surface area contributed by atoms with Gasteiger partial charge in [0.1, 0.15) is 0 Å². The molecule has 0 saturated carbocycles. The van der Waals surface area contributed by atoms with E-state index in [-0.39, 0.29) is 0 Å². The Hall–Kier alpha value is 0.0700. The van der Waals surface area contributed by atoms with Gasteiger partial charge < -0.3 is 5.73 Å². The van der Waals surface area contributed by atoms with E-state index in [0.29, 0.717) is 12.0 Å². The van der Waals surface area contributed by atoms with Gasteiger partial charge in [-0.3, -0.25) is 9.11 Å². The van der Waals surface area contributed by atoms with Crippen LogP contribution in [0, 0.1) is 5.92 Å². The van der Waals surface area contributed by atoms with E-state index in [2.05, 4.69) is 18.7 Å². The maximum absolute atomic E-state index is 11.2. The van der Waals surface area contributed by atoms with Gasteiger partial charge in [-0.15, -0.1) is 0 Å². The molecule has 1 unspecified atom stereocenters. The van der Waals surface area contributed by atoms with Crippen LogP contribution in [-0.4, -0.2) is 46.3 Å². The highest BCUT2D eigenvalue weighted by molar-refractivity contribution is 7.85. The summed E-state index contributed by atoms with van der Waals surface area (Å²) >= 11 is 0. The Morgan fingerprint density at radius 2 is 1.93 bits per heavy atom. The number of hydrogen-bond acceptors (Lipinski definition) is 3. The molecule has 0 bridgehead atoms. The van der Waals surface area contributed by atoms with Crippen LogP contribution in [0.3, 0.4) is 0 Å². The first kappa shape index (κ1) is 12.1. The Balaban J connectivity index is 2.40. The molecule has 2 N–H and O–H groups in total. The molecule has 3 nitrogen and oxygen atoms in total. The molecule has 4 heteroatoms. The lowest BCUT2D eigenvalue weighted by atomic mass is 10.0. The van der Waals surface area contributed by atoms with Crippen molar-refractivity contribution in [2.45, 2.75) is 26.3 Å². The quantitative estimate of drug-likeness (QED) is 0.744. The Labute approximate surface area is 89.5 Å². The number of rotatable bonds is 4. The standard InChI is InChI=1S/C10H22N2OS/c1-9(2)7-10(8-11)12-3-5-14(13)6-4-12/h9-10H,3-8,11H2,1-2H3. The minimum atomic E-state index is -0.575. The second-order valence-corrected chi connectivity index (χ2v) is 6.10. The molecule has 0 spiro atoms. The fraction of sp³-hybridized carbons (Fsp3) is 1.00. The molecule has 1 atom stereocenters. The molecule has 0 aliphatic carbocycles. The molecule has 1 rings (SSSR count). The van der Waals surface area contributed by atoms with Crippen LogP contribution in [0.4, 0.5) is 0 Å². The van der Waals surface area contributed by atoms with Crippen LogP contribution in [0.1, 0.15) is 20.3 Å². The first-order chi connectivity index (χ1) is 6.63. The maximum Gasteiger partial charge on any atom is 0.0363 e. The van der Waals surface area contributed by atoms with E-state index in [0.717, 1.165) is 37.6 Å². The molecule has 0 aromatic heterocycles. The molecule has 84 valence electrons. The fourth-order valence-corrected chi connectivity index (χ4v) is 3.04. The van der Waals surface area contributed by atoms with Gasteiger partial charge in [-0.2, -0.15) is 0 Å². The molecular weight excluding hydrogens is 196 g/mol. The summed E-state index contributed by atoms with van der Waals surface area (Å²) < 4.78 is 11.2. The highest BCUT2D eigenvalue weighted by Gasteiger charge is 2.22. The third-order valence-corrected chi connectivity index (χ3v) is 4.02. The second-order valence-electron chi connectivity index (χ2n) is 4.40. The fourth-order valence-electron chi connectivity index (χ4n) is 1.96. The SMILES string of the molecule is CC(C)CC(CN)N1CCS(=O)CC1. The van der Waals surface area contributed by atoms with Crippen LogP contribution in [-0.2, 0) is 10.8 Å². The smallest absolute Gasteiger partial charge is 0.0363 e. The van der Waals surface area contributed by atoms with E-state index >= 15 is 0 Å². The molecule has 1 heterocycles. The van der Waals surface area contributed by atoms with Gasteiger partial charge >= 0.3 is 0 Å². The lowest BCUT2D eigenvalue weighted by Crippen LogP contribution is -2.48. The van der Waals surface area contributed by atoms with Crippen LogP contribution >= 0.6 is 0 Å². The molecule has 14 heavy (non-hydrogen) atoms. The molecule has 0 aromatic carbocycles. The van der Waals surface area contributed by atoms with Crippen LogP contribution in [0.2, 0.25) is 0 Å². The molecule has 1 fully saturated rings. The number of nitrogens with two attached hydrogens (primary N) is 1. The average Bonchev–Trinajstić information content (AvgIpc) is 2.15. The van der Waals surface area contributed by atoms with Gasteiger partial charge in [-0.25, -0.2) is 0 Å². The van der Waals surface area contributed by atoms with E-state index in [4.69, 9.17) is 5.73 Å². The van der Waals surface area contributed by atoms with Gasteiger partial charge in [0.25, 0.3) is 0 Å². The van der Waals surface area contributed by atoms with Gasteiger partial charge in [0, 0.05) is 48.0 Å². The summed E-state index contributed by atoms with van der Waals surface area (Å²) in [6.45, 7) is 7.10. The van der Waals surface area contributed by atoms with Gasteiger partial charge in [-0.05, 0) is 12.3 Å². The van der Waals surface area contributed by atoms with Gasteiger partial charge in [0.05, 0.1) is 0 Å². The minimum Gasteiger partial charge on any atom is -0.329 e. The summed E-state index contributed by atoms with van der Waals surface area (Å²) in [6.07, 6.45) is 1.16. The average molecular weight is 218 g/mol. The largest absolute Gasteiger partial charge is 0.329 e. The summed E-state index contributed by atoms with van der Waals surface area (Å²) in [4.78, 5) is 2.40. The van der Waals surface area contributed by atoms with E-state index in [1.54, 1.807) is 0 Å². The van der Waals surface area contributed by atoms with Crippen molar-refractivity contribution in [2.75, 3.05) is 31.1 Å². The Morgan fingerprint density at radius 1 is 1.36 bits per heavy atom. The van der Waals surface area contributed by atoms with Crippen molar-refractivity contribution in [2.24, 2.45) is 11.7 Å². The molecule has 1 aliphatic rings. The van der Waals surface area contributed by atoms with Crippen molar-refractivity contribution in [3.8, 4) is 0 Å². The van der Waals surface area contributed by atoms with Gasteiger partial charge in [0.2, 0.25) is 0 Å². The molecule has 0 radical (unpaired) electrons. The van der Waals surface area contributed by atoms with Crippen molar-refractivity contribution in [3.05, 3.63) is 0 Å². The van der Waals surface area contributed by atoms with Crippen LogP contribution < -0.4 is 5.73 Å². The Bertz CT molecular complexity index is 187. The topological polar surface area (TPSA) is 46.3 Å². The second kappa shape index (κ2) is 5.83.